The molecule has 0 aliphatic heterocycles. The molecule has 2 aromatic rings. The normalized spacial score (nSPS) is 10.2. The quantitative estimate of drug-likeness (QED) is 0.933. The zero-order valence-electron chi connectivity index (χ0n) is 11.5. The number of benzene rings is 1. The maximum absolute atomic E-state index is 12.0. The van der Waals surface area contributed by atoms with Crippen LogP contribution in [0.3, 0.4) is 0 Å². The average Bonchev–Trinajstić information content (AvgIpc) is 2.37. The van der Waals surface area contributed by atoms with Gasteiger partial charge in [0, 0.05) is 11.8 Å². The molecule has 104 valence electrons. The largest absolute Gasteiger partial charge is 0.490 e. The van der Waals surface area contributed by atoms with Crippen molar-refractivity contribution in [1.82, 2.24) is 0 Å². The molecule has 1 aromatic carbocycles. The molecule has 20 heavy (non-hydrogen) atoms. The van der Waals surface area contributed by atoms with E-state index < -0.39 is 11.3 Å². The number of aryl methyl sites for hydroxylation is 2. The van der Waals surface area contributed by atoms with Crippen molar-refractivity contribution in [1.29, 1.82) is 0 Å². The molecule has 0 fully saturated rings. The molecule has 0 saturated heterocycles. The highest BCUT2D eigenvalue weighted by molar-refractivity contribution is 6.02. The number of carbonyl (C=O) groups excluding carboxylic acids is 1. The molecule has 2 rings (SSSR count). The Bertz CT molecular complexity index is 683. The second kappa shape index (κ2) is 5.61. The highest BCUT2D eigenvalue weighted by Gasteiger charge is 2.12. The number of ether oxygens (including phenoxy) is 1. The Morgan fingerprint density at radius 3 is 2.35 bits per heavy atom. The minimum Gasteiger partial charge on any atom is -0.490 e. The number of nitrogens with one attached hydrogen (secondary N) is 1. The molecular weight excluding hydrogens is 258 g/mol. The maximum Gasteiger partial charge on any atom is 0.291 e. The lowest BCUT2D eigenvalue weighted by atomic mass is 10.1. The van der Waals surface area contributed by atoms with Gasteiger partial charge in [0.05, 0.1) is 7.11 Å². The third kappa shape index (κ3) is 3.06. The third-order valence-electron chi connectivity index (χ3n) is 2.72. The molecule has 0 aliphatic carbocycles. The second-order valence-electron chi connectivity index (χ2n) is 4.51. The van der Waals surface area contributed by atoms with Crippen LogP contribution in [0.25, 0.3) is 0 Å². The van der Waals surface area contributed by atoms with Gasteiger partial charge in [-0.3, -0.25) is 9.59 Å². The van der Waals surface area contributed by atoms with Crippen LogP contribution in [0.2, 0.25) is 0 Å². The summed E-state index contributed by atoms with van der Waals surface area (Å²) in [6, 6.07) is 6.79. The molecule has 0 radical (unpaired) electrons. The van der Waals surface area contributed by atoms with Crippen molar-refractivity contribution in [2.45, 2.75) is 13.8 Å². The molecule has 0 saturated carbocycles. The summed E-state index contributed by atoms with van der Waals surface area (Å²) in [5, 5.41) is 2.69. The minimum absolute atomic E-state index is 0.0602. The summed E-state index contributed by atoms with van der Waals surface area (Å²) in [7, 11) is 1.36. The lowest BCUT2D eigenvalue weighted by molar-refractivity contribution is 0.0993. The van der Waals surface area contributed by atoms with Gasteiger partial charge in [-0.15, -0.1) is 0 Å². The summed E-state index contributed by atoms with van der Waals surface area (Å²) in [6.45, 7) is 3.88. The average molecular weight is 273 g/mol. The first-order valence-electron chi connectivity index (χ1n) is 6.06. The molecule has 0 aliphatic rings. The summed E-state index contributed by atoms with van der Waals surface area (Å²) in [5.74, 6) is -0.474. The van der Waals surface area contributed by atoms with Gasteiger partial charge in [0.2, 0.25) is 11.2 Å². The van der Waals surface area contributed by atoms with E-state index in [0.29, 0.717) is 5.69 Å². The number of carbonyl (C=O) groups is 1. The smallest absolute Gasteiger partial charge is 0.291 e. The zero-order chi connectivity index (χ0) is 14.7. The van der Waals surface area contributed by atoms with E-state index in [1.165, 1.54) is 7.11 Å². The van der Waals surface area contributed by atoms with Crippen LogP contribution in [0, 0.1) is 13.8 Å². The van der Waals surface area contributed by atoms with Crippen molar-refractivity contribution in [3.05, 3.63) is 57.6 Å². The molecule has 5 heteroatoms. The zero-order valence-corrected chi connectivity index (χ0v) is 11.5. The van der Waals surface area contributed by atoms with Gasteiger partial charge in [-0.1, -0.05) is 6.07 Å². The van der Waals surface area contributed by atoms with Crippen LogP contribution in [0.15, 0.2) is 39.7 Å². The molecule has 1 N–H and O–H groups in total. The molecule has 0 spiro atoms. The highest BCUT2D eigenvalue weighted by atomic mass is 16.5. The lowest BCUT2D eigenvalue weighted by Crippen LogP contribution is -2.15. The van der Waals surface area contributed by atoms with Gasteiger partial charge in [0.1, 0.15) is 6.26 Å². The molecule has 1 heterocycles. The fraction of sp³-hybridized carbons (Fsp3) is 0.200. The first kappa shape index (κ1) is 13.9. The van der Waals surface area contributed by atoms with E-state index in [-0.39, 0.29) is 11.5 Å². The van der Waals surface area contributed by atoms with E-state index >= 15 is 0 Å². The molecule has 1 aromatic heterocycles. The van der Waals surface area contributed by atoms with Crippen LogP contribution in [0.4, 0.5) is 5.69 Å². The summed E-state index contributed by atoms with van der Waals surface area (Å²) < 4.78 is 9.88. The first-order chi connectivity index (χ1) is 9.49. The Labute approximate surface area is 116 Å². The van der Waals surface area contributed by atoms with E-state index in [2.05, 4.69) is 5.32 Å². The van der Waals surface area contributed by atoms with E-state index in [1.807, 2.05) is 32.0 Å². The summed E-state index contributed by atoms with van der Waals surface area (Å²) >= 11 is 0. The fourth-order valence-corrected chi connectivity index (χ4v) is 1.91. The predicted molar refractivity (Wildman–Crippen MR) is 75.4 cm³/mol. The molecule has 0 bridgehead atoms. The number of methoxy groups -OCH3 is 1. The Morgan fingerprint density at radius 2 is 1.80 bits per heavy atom. The Morgan fingerprint density at radius 1 is 1.15 bits per heavy atom. The monoisotopic (exact) mass is 273 g/mol. The third-order valence-corrected chi connectivity index (χ3v) is 2.72. The van der Waals surface area contributed by atoms with Crippen LogP contribution < -0.4 is 15.5 Å². The van der Waals surface area contributed by atoms with Gasteiger partial charge in [-0.25, -0.2) is 0 Å². The summed E-state index contributed by atoms with van der Waals surface area (Å²) in [6.07, 6.45) is 1.12. The Balaban J connectivity index is 2.24. The molecule has 0 atom stereocenters. The van der Waals surface area contributed by atoms with Crippen LogP contribution in [-0.4, -0.2) is 13.0 Å². The van der Waals surface area contributed by atoms with E-state index in [1.54, 1.807) is 0 Å². The van der Waals surface area contributed by atoms with Crippen LogP contribution in [0.5, 0.6) is 5.75 Å². The molecule has 1 amide bonds. The topological polar surface area (TPSA) is 68.5 Å². The fourth-order valence-electron chi connectivity index (χ4n) is 1.91. The van der Waals surface area contributed by atoms with E-state index in [4.69, 9.17) is 9.15 Å². The van der Waals surface area contributed by atoms with Crippen molar-refractivity contribution < 1.29 is 13.9 Å². The van der Waals surface area contributed by atoms with Gasteiger partial charge in [0.25, 0.3) is 5.91 Å². The highest BCUT2D eigenvalue weighted by Crippen LogP contribution is 2.15. The minimum atomic E-state index is -0.477. The van der Waals surface area contributed by atoms with Crippen LogP contribution in [-0.2, 0) is 0 Å². The number of hydrogen-bond donors (Lipinski definition) is 1. The maximum atomic E-state index is 12.0. The standard InChI is InChI=1S/C15H15NO4/c1-9-4-10(2)6-11(5-9)16-15(18)13-7-12(17)14(19-3)8-20-13/h4-8H,1-3H3,(H,16,18). The van der Waals surface area contributed by atoms with Gasteiger partial charge >= 0.3 is 0 Å². The predicted octanol–water partition coefficient (Wildman–Crippen LogP) is 2.52. The number of anilines is 1. The molecule has 5 nitrogen and oxygen atoms in total. The van der Waals surface area contributed by atoms with Gasteiger partial charge < -0.3 is 14.5 Å². The number of rotatable bonds is 3. The number of hydrogen-bond acceptors (Lipinski definition) is 4. The SMILES string of the molecule is COc1coc(C(=O)Nc2cc(C)cc(C)c2)cc1=O. The van der Waals surface area contributed by atoms with Crippen molar-refractivity contribution in [3.8, 4) is 5.75 Å². The van der Waals surface area contributed by atoms with Crippen LogP contribution in [0.1, 0.15) is 21.7 Å². The van der Waals surface area contributed by atoms with E-state index in [9.17, 15) is 9.59 Å². The first-order valence-corrected chi connectivity index (χ1v) is 6.06. The van der Waals surface area contributed by atoms with Crippen LogP contribution >= 0.6 is 0 Å². The number of amides is 1. The Kier molecular flexibility index (Phi) is 3.89. The van der Waals surface area contributed by atoms with Crippen molar-refractivity contribution in [2.24, 2.45) is 0 Å². The summed E-state index contributed by atoms with van der Waals surface area (Å²) in [4.78, 5) is 23.6. The van der Waals surface area contributed by atoms with Crippen molar-refractivity contribution in [2.75, 3.05) is 12.4 Å². The van der Waals surface area contributed by atoms with Gasteiger partial charge in [-0.2, -0.15) is 0 Å². The van der Waals surface area contributed by atoms with E-state index in [0.717, 1.165) is 23.5 Å². The second-order valence-corrected chi connectivity index (χ2v) is 4.51. The van der Waals surface area contributed by atoms with Crippen molar-refractivity contribution in [3.63, 3.8) is 0 Å². The lowest BCUT2D eigenvalue weighted by Gasteiger charge is -2.07. The summed E-state index contributed by atoms with van der Waals surface area (Å²) in [5.41, 5.74) is 2.34. The molecular formula is C15H15NO4. The van der Waals surface area contributed by atoms with Gasteiger partial charge in [0.15, 0.2) is 5.76 Å². The van der Waals surface area contributed by atoms with Gasteiger partial charge in [-0.05, 0) is 37.1 Å². The molecule has 0 unspecified atom stereocenters. The van der Waals surface area contributed by atoms with Crippen molar-refractivity contribution >= 4 is 11.6 Å². The Hall–Kier alpha value is -2.56.